The third-order valence-electron chi connectivity index (χ3n) is 3.06. The van der Waals surface area contributed by atoms with Gasteiger partial charge in [-0.2, -0.15) is 0 Å². The smallest absolute Gasteiger partial charge is 0.308 e. The zero-order chi connectivity index (χ0) is 14.0. The lowest BCUT2D eigenvalue weighted by atomic mass is 10.1. The highest BCUT2D eigenvalue weighted by atomic mass is 16.6. The first-order valence-electron chi connectivity index (χ1n) is 5.71. The Kier molecular flexibility index (Phi) is 3.46. The molecule has 1 unspecified atom stereocenters. The lowest BCUT2D eigenvalue weighted by molar-refractivity contribution is -0.384. The summed E-state index contributed by atoms with van der Waals surface area (Å²) in [4.78, 5) is 34.0. The summed E-state index contributed by atoms with van der Waals surface area (Å²) in [5.74, 6) is -1.92. The molecule has 0 saturated carbocycles. The van der Waals surface area contributed by atoms with E-state index in [4.69, 9.17) is 5.11 Å². The number of carbonyl (C=O) groups excluding carboxylic acids is 1. The molecule has 0 bridgehead atoms. The second kappa shape index (κ2) is 5.05. The molecule has 7 heteroatoms. The number of hydrogen-bond donors (Lipinski definition) is 1. The summed E-state index contributed by atoms with van der Waals surface area (Å²) in [6.45, 7) is 0.348. The monoisotopic (exact) mass is 264 g/mol. The number of nitro groups is 1. The number of aliphatic carboxylic acids is 1. The molecule has 0 spiro atoms. The molecule has 1 amide bonds. The average molecular weight is 264 g/mol. The maximum Gasteiger partial charge on any atom is 0.308 e. The Morgan fingerprint density at radius 2 is 2.26 bits per heavy atom. The molecule has 1 aliphatic rings. The van der Waals surface area contributed by atoms with Gasteiger partial charge in [0.25, 0.3) is 5.69 Å². The van der Waals surface area contributed by atoms with Crippen molar-refractivity contribution in [2.24, 2.45) is 5.92 Å². The van der Waals surface area contributed by atoms with Crippen molar-refractivity contribution >= 4 is 17.6 Å². The van der Waals surface area contributed by atoms with E-state index in [1.165, 1.54) is 17.0 Å². The molecule has 1 aromatic carbocycles. The molecule has 7 nitrogen and oxygen atoms in total. The Labute approximate surface area is 108 Å². The molecule has 2 rings (SSSR count). The van der Waals surface area contributed by atoms with E-state index in [-0.39, 0.29) is 31.1 Å². The van der Waals surface area contributed by atoms with Crippen LogP contribution in [0.15, 0.2) is 24.3 Å². The van der Waals surface area contributed by atoms with Crippen molar-refractivity contribution in [3.8, 4) is 0 Å². The van der Waals surface area contributed by atoms with Gasteiger partial charge in [-0.1, -0.05) is 12.1 Å². The predicted molar refractivity (Wildman–Crippen MR) is 64.3 cm³/mol. The minimum atomic E-state index is -0.991. The van der Waals surface area contributed by atoms with Gasteiger partial charge in [-0.05, 0) is 5.56 Å². The van der Waals surface area contributed by atoms with Crippen LogP contribution in [0.5, 0.6) is 0 Å². The first kappa shape index (κ1) is 13.0. The van der Waals surface area contributed by atoms with E-state index in [9.17, 15) is 19.7 Å². The molecule has 19 heavy (non-hydrogen) atoms. The Morgan fingerprint density at radius 3 is 2.84 bits per heavy atom. The standard InChI is InChI=1S/C12H12N2O5/c15-11-5-9(12(16)17)7-13(11)6-8-2-1-3-10(4-8)14(18)19/h1-4,9H,5-7H2,(H,16,17). The predicted octanol–water partition coefficient (Wildman–Crippen LogP) is 1.03. The van der Waals surface area contributed by atoms with Crippen LogP contribution in [0.2, 0.25) is 0 Å². The zero-order valence-electron chi connectivity index (χ0n) is 9.98. The highest BCUT2D eigenvalue weighted by Crippen LogP contribution is 2.21. The normalized spacial score (nSPS) is 18.6. The van der Waals surface area contributed by atoms with Gasteiger partial charge in [0, 0.05) is 31.6 Å². The van der Waals surface area contributed by atoms with Gasteiger partial charge in [-0.15, -0.1) is 0 Å². The Balaban J connectivity index is 2.09. The van der Waals surface area contributed by atoms with Crippen LogP contribution < -0.4 is 0 Å². The van der Waals surface area contributed by atoms with Crippen molar-refractivity contribution in [3.05, 3.63) is 39.9 Å². The molecule has 1 heterocycles. The molecule has 1 aromatic rings. The van der Waals surface area contributed by atoms with E-state index < -0.39 is 16.8 Å². The second-order valence-corrected chi connectivity index (χ2v) is 4.44. The van der Waals surface area contributed by atoms with Crippen molar-refractivity contribution in [2.45, 2.75) is 13.0 Å². The van der Waals surface area contributed by atoms with Crippen molar-refractivity contribution in [1.29, 1.82) is 0 Å². The molecular weight excluding hydrogens is 252 g/mol. The van der Waals surface area contributed by atoms with Gasteiger partial charge in [-0.3, -0.25) is 19.7 Å². The lowest BCUT2D eigenvalue weighted by Crippen LogP contribution is -2.25. The quantitative estimate of drug-likeness (QED) is 0.646. The van der Waals surface area contributed by atoms with E-state index in [0.717, 1.165) is 0 Å². The van der Waals surface area contributed by atoms with Crippen LogP contribution in [-0.2, 0) is 16.1 Å². The summed E-state index contributed by atoms with van der Waals surface area (Å²) in [5.41, 5.74) is 0.576. The fourth-order valence-electron chi connectivity index (χ4n) is 2.08. The van der Waals surface area contributed by atoms with Crippen molar-refractivity contribution in [3.63, 3.8) is 0 Å². The highest BCUT2D eigenvalue weighted by Gasteiger charge is 2.34. The number of amides is 1. The number of likely N-dealkylation sites (tertiary alicyclic amines) is 1. The SMILES string of the molecule is O=C(O)C1CC(=O)N(Cc2cccc([N+](=O)[O-])c2)C1. The molecule has 1 aliphatic heterocycles. The topological polar surface area (TPSA) is 101 Å². The van der Waals surface area contributed by atoms with Gasteiger partial charge in [0.15, 0.2) is 0 Å². The number of nitrogens with zero attached hydrogens (tertiary/aromatic N) is 2. The molecule has 1 atom stereocenters. The largest absolute Gasteiger partial charge is 0.481 e. The summed E-state index contributed by atoms with van der Waals surface area (Å²) < 4.78 is 0. The number of carboxylic acid groups (broad SMARTS) is 1. The van der Waals surface area contributed by atoms with Gasteiger partial charge in [0.1, 0.15) is 0 Å². The van der Waals surface area contributed by atoms with Crippen LogP contribution in [0, 0.1) is 16.0 Å². The first-order chi connectivity index (χ1) is 8.97. The molecule has 1 saturated heterocycles. The number of hydrogen-bond acceptors (Lipinski definition) is 4. The minimum Gasteiger partial charge on any atom is -0.481 e. The van der Waals surface area contributed by atoms with Gasteiger partial charge in [-0.25, -0.2) is 0 Å². The number of carbonyl (C=O) groups is 2. The molecular formula is C12H12N2O5. The molecule has 100 valence electrons. The van der Waals surface area contributed by atoms with E-state index in [0.29, 0.717) is 5.56 Å². The molecule has 0 aliphatic carbocycles. The fraction of sp³-hybridized carbons (Fsp3) is 0.333. The third kappa shape index (κ3) is 2.87. The molecule has 1 fully saturated rings. The van der Waals surface area contributed by atoms with E-state index in [1.54, 1.807) is 12.1 Å². The van der Waals surface area contributed by atoms with Gasteiger partial charge in [0.2, 0.25) is 5.91 Å². The maximum atomic E-state index is 11.6. The first-order valence-corrected chi connectivity index (χ1v) is 5.71. The second-order valence-electron chi connectivity index (χ2n) is 4.44. The number of non-ortho nitro benzene ring substituents is 1. The van der Waals surface area contributed by atoms with Gasteiger partial charge >= 0.3 is 5.97 Å². The fourth-order valence-corrected chi connectivity index (χ4v) is 2.08. The van der Waals surface area contributed by atoms with E-state index in [1.807, 2.05) is 0 Å². The van der Waals surface area contributed by atoms with Crippen LogP contribution in [0.1, 0.15) is 12.0 Å². The maximum absolute atomic E-state index is 11.6. The summed E-state index contributed by atoms with van der Waals surface area (Å²) in [7, 11) is 0. The number of carboxylic acids is 1. The number of rotatable bonds is 4. The van der Waals surface area contributed by atoms with Gasteiger partial charge < -0.3 is 10.0 Å². The van der Waals surface area contributed by atoms with Crippen LogP contribution in [0.3, 0.4) is 0 Å². The van der Waals surface area contributed by atoms with Crippen molar-refractivity contribution in [2.75, 3.05) is 6.54 Å². The lowest BCUT2D eigenvalue weighted by Gasteiger charge is -2.15. The zero-order valence-corrected chi connectivity index (χ0v) is 9.98. The van der Waals surface area contributed by atoms with Crippen LogP contribution >= 0.6 is 0 Å². The van der Waals surface area contributed by atoms with E-state index in [2.05, 4.69) is 0 Å². The Morgan fingerprint density at radius 1 is 1.53 bits per heavy atom. The third-order valence-corrected chi connectivity index (χ3v) is 3.06. The summed E-state index contributed by atoms with van der Waals surface area (Å²) in [5, 5.41) is 19.5. The molecule has 0 radical (unpaired) electrons. The number of benzene rings is 1. The Hall–Kier alpha value is -2.44. The molecule has 1 N–H and O–H groups in total. The van der Waals surface area contributed by atoms with E-state index >= 15 is 0 Å². The summed E-state index contributed by atoms with van der Waals surface area (Å²) in [6, 6.07) is 5.98. The number of nitro benzene ring substituents is 1. The van der Waals surface area contributed by atoms with Crippen LogP contribution in [-0.4, -0.2) is 33.4 Å². The van der Waals surface area contributed by atoms with Crippen LogP contribution in [0.25, 0.3) is 0 Å². The Bertz CT molecular complexity index is 543. The summed E-state index contributed by atoms with van der Waals surface area (Å²) in [6.07, 6.45) is -0.00966. The van der Waals surface area contributed by atoms with Crippen molar-refractivity contribution in [1.82, 2.24) is 4.90 Å². The van der Waals surface area contributed by atoms with Crippen LogP contribution in [0.4, 0.5) is 5.69 Å². The molecule has 0 aromatic heterocycles. The average Bonchev–Trinajstić information content (AvgIpc) is 2.71. The minimum absolute atomic E-state index is 0.00966. The van der Waals surface area contributed by atoms with Gasteiger partial charge in [0.05, 0.1) is 10.8 Å². The highest BCUT2D eigenvalue weighted by molar-refractivity contribution is 5.86. The van der Waals surface area contributed by atoms with Crippen molar-refractivity contribution < 1.29 is 19.6 Å². The summed E-state index contributed by atoms with van der Waals surface area (Å²) >= 11 is 0.